The zero-order valence-corrected chi connectivity index (χ0v) is 45.0. The second kappa shape index (κ2) is 57.1. The molecule has 0 fully saturated rings. The molecule has 6 nitrogen and oxygen atoms in total. The summed E-state index contributed by atoms with van der Waals surface area (Å²) in [5.74, 6) is -1.01. The molecule has 0 radical (unpaired) electrons. The Morgan fingerprint density at radius 1 is 0.300 bits per heavy atom. The Morgan fingerprint density at radius 3 is 0.914 bits per heavy atom. The normalized spacial score (nSPS) is 13.1. The molecule has 0 bridgehead atoms. The van der Waals surface area contributed by atoms with Gasteiger partial charge in [-0.3, -0.25) is 14.4 Å². The van der Waals surface area contributed by atoms with Crippen molar-refractivity contribution in [3.05, 3.63) is 134 Å². The van der Waals surface area contributed by atoms with Crippen molar-refractivity contribution in [2.24, 2.45) is 0 Å². The number of rotatable bonds is 49. The van der Waals surface area contributed by atoms with E-state index in [1.165, 1.54) is 57.8 Å². The highest BCUT2D eigenvalue weighted by Gasteiger charge is 2.19. The fraction of sp³-hybridized carbons (Fsp3) is 0.609. The molecule has 0 aromatic heterocycles. The molecule has 0 N–H and O–H groups in total. The average molecular weight is 968 g/mol. The molecule has 0 aromatic carbocycles. The summed E-state index contributed by atoms with van der Waals surface area (Å²) in [5.41, 5.74) is 0. The number of ether oxygens (including phenoxy) is 3. The van der Waals surface area contributed by atoms with Crippen molar-refractivity contribution < 1.29 is 28.6 Å². The van der Waals surface area contributed by atoms with Crippen LogP contribution in [-0.4, -0.2) is 37.2 Å². The number of hydrogen-bond acceptors (Lipinski definition) is 6. The van der Waals surface area contributed by atoms with Crippen LogP contribution < -0.4 is 0 Å². The van der Waals surface area contributed by atoms with E-state index in [-0.39, 0.29) is 37.5 Å². The number of hydrogen-bond donors (Lipinski definition) is 0. The lowest BCUT2D eigenvalue weighted by molar-refractivity contribution is -0.167. The molecule has 0 amide bonds. The van der Waals surface area contributed by atoms with Crippen LogP contribution in [-0.2, 0) is 28.6 Å². The third-order valence-corrected chi connectivity index (χ3v) is 11.4. The lowest BCUT2D eigenvalue weighted by Gasteiger charge is -2.18. The highest BCUT2D eigenvalue weighted by atomic mass is 16.6. The lowest BCUT2D eigenvalue weighted by Crippen LogP contribution is -2.30. The maximum Gasteiger partial charge on any atom is 0.306 e. The third kappa shape index (κ3) is 54.5. The first kappa shape index (κ1) is 65.5. The Morgan fingerprint density at radius 2 is 0.571 bits per heavy atom. The fourth-order valence-electron chi connectivity index (χ4n) is 7.20. The smallest absolute Gasteiger partial charge is 0.306 e. The Bertz CT molecular complexity index is 1530. The topological polar surface area (TPSA) is 78.9 Å². The van der Waals surface area contributed by atoms with Crippen molar-refractivity contribution >= 4 is 17.9 Å². The standard InChI is InChI=1S/C64H102O6/c1-4-7-10-13-16-19-22-25-28-31-34-36-39-42-45-48-51-54-57-63(66)69-60-61(70-64(67)58-55-52-49-46-43-40-37-33-30-27-24-21-18-15-12-9-6-3)59-68-62(65)56-53-50-47-44-41-38-35-32-29-26-23-20-17-14-11-8-5-2/h8-9,11-12,17-22,26-31,35,37-38,40,46,49,61H,4-7,10,13-16,23-25,32-34,36,39,41-45,47-48,50-60H2,1-3H3/b11-8-,12-9-,20-17-,21-18-,22-19-,29-26-,30-27-,31-28-,38-35-,40-37-,49-46-. The summed E-state index contributed by atoms with van der Waals surface area (Å²) in [6.45, 7) is 6.31. The minimum absolute atomic E-state index is 0.117. The van der Waals surface area contributed by atoms with Gasteiger partial charge in [-0.1, -0.05) is 219 Å². The van der Waals surface area contributed by atoms with E-state index in [0.29, 0.717) is 19.3 Å². The van der Waals surface area contributed by atoms with Gasteiger partial charge in [-0.2, -0.15) is 0 Å². The van der Waals surface area contributed by atoms with Crippen LogP contribution >= 0.6 is 0 Å². The summed E-state index contributed by atoms with van der Waals surface area (Å²) in [7, 11) is 0. The first-order valence-corrected chi connectivity index (χ1v) is 28.2. The number of unbranched alkanes of at least 4 members (excludes halogenated alkanes) is 16. The molecule has 394 valence electrons. The molecule has 1 unspecified atom stereocenters. The molecule has 0 aliphatic heterocycles. The quantitative estimate of drug-likeness (QED) is 0.0262. The molecule has 0 aromatic rings. The van der Waals surface area contributed by atoms with E-state index in [2.05, 4.69) is 154 Å². The van der Waals surface area contributed by atoms with E-state index in [1.54, 1.807) is 0 Å². The molecule has 70 heavy (non-hydrogen) atoms. The highest BCUT2D eigenvalue weighted by Crippen LogP contribution is 2.13. The second-order valence-corrected chi connectivity index (χ2v) is 18.1. The van der Waals surface area contributed by atoms with Crippen molar-refractivity contribution in [2.75, 3.05) is 13.2 Å². The van der Waals surface area contributed by atoms with Gasteiger partial charge < -0.3 is 14.2 Å². The molecular weight excluding hydrogens is 865 g/mol. The monoisotopic (exact) mass is 967 g/mol. The fourth-order valence-corrected chi connectivity index (χ4v) is 7.20. The van der Waals surface area contributed by atoms with Crippen molar-refractivity contribution in [1.29, 1.82) is 0 Å². The van der Waals surface area contributed by atoms with Crippen LogP contribution in [0.3, 0.4) is 0 Å². The summed E-state index contributed by atoms with van der Waals surface area (Å²) in [4.78, 5) is 38.1. The minimum atomic E-state index is -0.827. The van der Waals surface area contributed by atoms with Gasteiger partial charge in [0.2, 0.25) is 0 Å². The van der Waals surface area contributed by atoms with Gasteiger partial charge in [0.05, 0.1) is 0 Å². The summed E-state index contributed by atoms with van der Waals surface area (Å²) >= 11 is 0. The number of carbonyl (C=O) groups is 3. The molecule has 0 spiro atoms. The predicted molar refractivity (Wildman–Crippen MR) is 302 cm³/mol. The van der Waals surface area contributed by atoms with Crippen LogP contribution in [0.2, 0.25) is 0 Å². The van der Waals surface area contributed by atoms with Gasteiger partial charge in [-0.25, -0.2) is 0 Å². The van der Waals surface area contributed by atoms with Crippen molar-refractivity contribution in [3.8, 4) is 0 Å². The van der Waals surface area contributed by atoms with Crippen LogP contribution in [0.4, 0.5) is 0 Å². The van der Waals surface area contributed by atoms with Gasteiger partial charge in [0.25, 0.3) is 0 Å². The molecule has 0 aliphatic rings. The maximum absolute atomic E-state index is 12.8. The minimum Gasteiger partial charge on any atom is -0.462 e. The Kier molecular flexibility index (Phi) is 53.5. The molecule has 0 heterocycles. The molecule has 6 heteroatoms. The van der Waals surface area contributed by atoms with Gasteiger partial charge in [-0.05, 0) is 128 Å². The van der Waals surface area contributed by atoms with Gasteiger partial charge >= 0.3 is 17.9 Å². The average Bonchev–Trinajstić information content (AvgIpc) is 3.36. The molecule has 0 saturated heterocycles. The summed E-state index contributed by atoms with van der Waals surface area (Å²) in [6, 6.07) is 0. The van der Waals surface area contributed by atoms with Crippen molar-refractivity contribution in [3.63, 3.8) is 0 Å². The van der Waals surface area contributed by atoms with E-state index in [4.69, 9.17) is 14.2 Å². The SMILES string of the molecule is CC/C=C\C/C=C\C/C=C\C/C=C\C/C=C\CCCC(=O)OC(COC(=O)CCCCCC/C=C\C/C=C\C/C=C\C/C=C\CC)COC(=O)CCCCCCCCC/C=C\C/C=C\CCCCCC. The van der Waals surface area contributed by atoms with Crippen LogP contribution in [0.25, 0.3) is 0 Å². The number of carbonyl (C=O) groups excluding carboxylic acids is 3. The molecule has 0 aliphatic carbocycles. The highest BCUT2D eigenvalue weighted by molar-refractivity contribution is 5.71. The van der Waals surface area contributed by atoms with Gasteiger partial charge in [0.1, 0.15) is 13.2 Å². The largest absolute Gasteiger partial charge is 0.462 e. The number of esters is 3. The van der Waals surface area contributed by atoms with Gasteiger partial charge in [0, 0.05) is 19.3 Å². The maximum atomic E-state index is 12.8. The van der Waals surface area contributed by atoms with E-state index >= 15 is 0 Å². The molecule has 1 atom stereocenters. The zero-order chi connectivity index (χ0) is 50.7. The zero-order valence-electron chi connectivity index (χ0n) is 45.0. The van der Waals surface area contributed by atoms with E-state index in [9.17, 15) is 14.4 Å². The first-order valence-electron chi connectivity index (χ1n) is 28.2. The van der Waals surface area contributed by atoms with Gasteiger partial charge in [-0.15, -0.1) is 0 Å². The molecular formula is C64H102O6. The van der Waals surface area contributed by atoms with E-state index < -0.39 is 6.10 Å². The van der Waals surface area contributed by atoms with Gasteiger partial charge in [0.15, 0.2) is 6.10 Å². The number of allylic oxidation sites excluding steroid dienone is 22. The third-order valence-electron chi connectivity index (χ3n) is 11.4. The molecule has 0 saturated carbocycles. The second-order valence-electron chi connectivity index (χ2n) is 18.1. The van der Waals surface area contributed by atoms with E-state index in [0.717, 1.165) is 128 Å². The van der Waals surface area contributed by atoms with Crippen LogP contribution in [0.5, 0.6) is 0 Å². The molecule has 0 rings (SSSR count). The Balaban J connectivity index is 4.55. The van der Waals surface area contributed by atoms with Crippen molar-refractivity contribution in [1.82, 2.24) is 0 Å². The summed E-state index contributed by atoms with van der Waals surface area (Å²) in [6.07, 6.45) is 80.1. The van der Waals surface area contributed by atoms with E-state index in [1.807, 2.05) is 0 Å². The Hall–Kier alpha value is -4.45. The summed E-state index contributed by atoms with van der Waals surface area (Å²) < 4.78 is 16.8. The van der Waals surface area contributed by atoms with Crippen molar-refractivity contribution in [2.45, 2.75) is 239 Å². The predicted octanol–water partition coefficient (Wildman–Crippen LogP) is 19.0. The first-order chi connectivity index (χ1) is 34.5. The Labute approximate surface area is 430 Å². The van der Waals surface area contributed by atoms with Crippen LogP contribution in [0, 0.1) is 0 Å². The van der Waals surface area contributed by atoms with Crippen LogP contribution in [0.1, 0.15) is 233 Å². The lowest BCUT2D eigenvalue weighted by atomic mass is 10.1. The van der Waals surface area contributed by atoms with Crippen LogP contribution in [0.15, 0.2) is 134 Å². The summed E-state index contributed by atoms with van der Waals surface area (Å²) in [5, 5.41) is 0.